The molecule has 4 atom stereocenters. The lowest BCUT2D eigenvalue weighted by Gasteiger charge is -2.56. The average molecular weight is 472 g/mol. The Kier molecular flexibility index (Phi) is 5.20. The number of aromatic nitrogens is 1. The Hall–Kier alpha value is -2.40. The van der Waals surface area contributed by atoms with E-state index in [0.29, 0.717) is 11.6 Å². The Balaban J connectivity index is 0.974. The van der Waals surface area contributed by atoms with Crippen molar-refractivity contribution in [3.63, 3.8) is 0 Å². The van der Waals surface area contributed by atoms with Crippen molar-refractivity contribution < 1.29 is 9.53 Å². The van der Waals surface area contributed by atoms with Crippen LogP contribution < -0.4 is 4.74 Å². The Morgan fingerprint density at radius 1 is 1.11 bits per heavy atom. The summed E-state index contributed by atoms with van der Waals surface area (Å²) in [7, 11) is 1.93. The van der Waals surface area contributed by atoms with E-state index in [-0.39, 0.29) is 11.9 Å². The molecule has 184 valence electrons. The third-order valence-electron chi connectivity index (χ3n) is 10.1. The van der Waals surface area contributed by atoms with E-state index in [1.807, 2.05) is 18.0 Å². The molecule has 1 spiro atoms. The highest BCUT2D eigenvalue weighted by Crippen LogP contribution is 2.65. The zero-order valence-electron chi connectivity index (χ0n) is 20.9. The number of likely N-dealkylation sites (tertiary alicyclic amines) is 1. The minimum atomic E-state index is 0.00176. The summed E-state index contributed by atoms with van der Waals surface area (Å²) in [6.07, 6.45) is 13.0. The number of carbonyl (C=O) groups excluding carboxylic acids is 1. The van der Waals surface area contributed by atoms with Gasteiger partial charge in [-0.1, -0.05) is 18.2 Å². The highest BCUT2D eigenvalue weighted by atomic mass is 16.5. The number of nitrogens with zero attached hydrogens (tertiary/aromatic N) is 3. The van der Waals surface area contributed by atoms with Gasteiger partial charge in [-0.25, -0.2) is 4.98 Å². The summed E-state index contributed by atoms with van der Waals surface area (Å²) in [5.41, 5.74) is 5.59. The number of hydrogen-bond donors (Lipinski definition) is 0. The highest BCUT2D eigenvalue weighted by molar-refractivity contribution is 5.92. The van der Waals surface area contributed by atoms with E-state index in [2.05, 4.69) is 28.1 Å². The number of pyridine rings is 1. The Morgan fingerprint density at radius 2 is 2.00 bits per heavy atom. The fourth-order valence-electron chi connectivity index (χ4n) is 7.43. The van der Waals surface area contributed by atoms with Crippen LogP contribution in [0.1, 0.15) is 72.1 Å². The van der Waals surface area contributed by atoms with Crippen molar-refractivity contribution in [3.05, 3.63) is 58.9 Å². The smallest absolute Gasteiger partial charge is 0.272 e. The topological polar surface area (TPSA) is 45.7 Å². The van der Waals surface area contributed by atoms with Crippen molar-refractivity contribution >= 4 is 5.91 Å². The first-order valence-electron chi connectivity index (χ1n) is 13.8. The van der Waals surface area contributed by atoms with Crippen molar-refractivity contribution in [3.8, 4) is 5.75 Å². The number of amides is 1. The number of fused-ring (bicyclic) bond motifs is 1. The first-order chi connectivity index (χ1) is 17.1. The molecule has 2 heterocycles. The van der Waals surface area contributed by atoms with Crippen LogP contribution in [0.2, 0.25) is 0 Å². The lowest BCUT2D eigenvalue weighted by molar-refractivity contribution is -0.0477. The van der Waals surface area contributed by atoms with Gasteiger partial charge in [0.05, 0.1) is 12.8 Å². The predicted octanol–water partition coefficient (Wildman–Crippen LogP) is 4.87. The number of aryl methyl sites for hydroxylation is 1. The summed E-state index contributed by atoms with van der Waals surface area (Å²) < 4.78 is 5.77. The van der Waals surface area contributed by atoms with Gasteiger partial charge in [-0.15, -0.1) is 0 Å². The van der Waals surface area contributed by atoms with Crippen molar-refractivity contribution in [2.24, 2.45) is 17.3 Å². The van der Waals surface area contributed by atoms with Gasteiger partial charge in [0.1, 0.15) is 11.4 Å². The molecule has 0 radical (unpaired) electrons. The first kappa shape index (κ1) is 21.8. The molecule has 2 aromatic rings. The van der Waals surface area contributed by atoms with Gasteiger partial charge in [0.2, 0.25) is 0 Å². The maximum atomic E-state index is 13.1. The van der Waals surface area contributed by atoms with Crippen molar-refractivity contribution in [1.82, 2.24) is 14.8 Å². The molecule has 1 aromatic heterocycles. The normalized spacial score (nSPS) is 30.9. The molecule has 1 aromatic carbocycles. The molecule has 5 nitrogen and oxygen atoms in total. The van der Waals surface area contributed by atoms with Crippen LogP contribution in [0.15, 0.2) is 36.5 Å². The highest BCUT2D eigenvalue weighted by Gasteiger charge is 2.63. The van der Waals surface area contributed by atoms with Gasteiger partial charge in [0.15, 0.2) is 0 Å². The fourth-order valence-corrected chi connectivity index (χ4v) is 7.43. The summed E-state index contributed by atoms with van der Waals surface area (Å²) in [5, 5.41) is 0. The van der Waals surface area contributed by atoms with Gasteiger partial charge in [-0.05, 0) is 104 Å². The van der Waals surface area contributed by atoms with Gasteiger partial charge >= 0.3 is 0 Å². The lowest BCUT2D eigenvalue weighted by atomic mass is 9.50. The molecule has 3 saturated carbocycles. The van der Waals surface area contributed by atoms with E-state index in [1.54, 1.807) is 12.3 Å². The molecule has 4 fully saturated rings. The second-order valence-corrected chi connectivity index (χ2v) is 12.0. The Labute approximate surface area is 208 Å². The molecule has 0 N–H and O–H groups in total. The van der Waals surface area contributed by atoms with Gasteiger partial charge in [0, 0.05) is 32.2 Å². The largest absolute Gasteiger partial charge is 0.492 e. The molecule has 5 heteroatoms. The number of benzene rings is 1. The standard InChI is InChI=1S/C30H37N3O2/c1-32(29(34)27-9-8-26(16-31-27)35-19-20-2-3-20)25-7-6-22-14-21(4-5-23(22)15-25)17-33-18-24-10-12-30(24)13-11-28(30)33/h4-5,8-9,14,16,20,24-25,28H,2-3,6-7,10-13,15,17-19H2,1H3/t24?,25-,28?,30?/m0/s1. The fraction of sp³-hybridized carbons (Fsp3) is 0.600. The monoisotopic (exact) mass is 471 g/mol. The Morgan fingerprint density at radius 3 is 2.69 bits per heavy atom. The zero-order valence-corrected chi connectivity index (χ0v) is 20.9. The minimum absolute atomic E-state index is 0.00176. The molecule has 3 unspecified atom stereocenters. The number of likely N-dealkylation sites (N-methyl/N-ethyl adjacent to an activating group) is 1. The van der Waals surface area contributed by atoms with Crippen LogP contribution in [0.4, 0.5) is 0 Å². The number of ether oxygens (including phenoxy) is 1. The van der Waals surface area contributed by atoms with Crippen molar-refractivity contribution in [1.29, 1.82) is 0 Å². The molecular weight excluding hydrogens is 434 g/mol. The molecule has 7 rings (SSSR count). The van der Waals surface area contributed by atoms with Gasteiger partial charge in [-0.2, -0.15) is 0 Å². The maximum Gasteiger partial charge on any atom is 0.272 e. The van der Waals surface area contributed by atoms with Gasteiger partial charge < -0.3 is 9.64 Å². The van der Waals surface area contributed by atoms with Crippen LogP contribution in [0.5, 0.6) is 5.75 Å². The number of carbonyl (C=O) groups is 1. The number of rotatable bonds is 7. The Bertz CT molecular complexity index is 1120. The van der Waals surface area contributed by atoms with Crippen LogP contribution in [0, 0.1) is 17.3 Å². The minimum Gasteiger partial charge on any atom is -0.492 e. The first-order valence-corrected chi connectivity index (χ1v) is 13.8. The van der Waals surface area contributed by atoms with Gasteiger partial charge in [-0.3, -0.25) is 9.69 Å². The SMILES string of the molecule is CN(C(=O)c1ccc(OCC2CC2)cn1)[C@H]1CCc2cc(CN3CC4CCC45CCC35)ccc2C1. The van der Waals surface area contributed by atoms with Crippen molar-refractivity contribution in [2.45, 2.75) is 76.4 Å². The molecule has 1 amide bonds. The molecule has 0 bridgehead atoms. The summed E-state index contributed by atoms with van der Waals surface area (Å²) in [6.45, 7) is 3.19. The van der Waals surface area contributed by atoms with E-state index < -0.39 is 0 Å². The molecular formula is C30H37N3O2. The maximum absolute atomic E-state index is 13.1. The molecule has 5 aliphatic rings. The number of hydrogen-bond acceptors (Lipinski definition) is 4. The lowest BCUT2D eigenvalue weighted by Crippen LogP contribution is -2.53. The van der Waals surface area contributed by atoms with Crippen LogP contribution in [-0.2, 0) is 19.4 Å². The second kappa shape index (κ2) is 8.33. The zero-order chi connectivity index (χ0) is 23.6. The summed E-state index contributed by atoms with van der Waals surface area (Å²) >= 11 is 0. The molecule has 35 heavy (non-hydrogen) atoms. The van der Waals surface area contributed by atoms with E-state index in [4.69, 9.17) is 4.74 Å². The average Bonchev–Trinajstić information content (AvgIpc) is 3.66. The van der Waals surface area contributed by atoms with E-state index in [1.165, 1.54) is 61.8 Å². The van der Waals surface area contributed by atoms with Crippen LogP contribution in [0.25, 0.3) is 0 Å². The molecule has 1 aliphatic heterocycles. The van der Waals surface area contributed by atoms with Gasteiger partial charge in [0.25, 0.3) is 5.91 Å². The summed E-state index contributed by atoms with van der Waals surface area (Å²) in [5.74, 6) is 2.45. The van der Waals surface area contributed by atoms with Crippen LogP contribution in [0.3, 0.4) is 0 Å². The van der Waals surface area contributed by atoms with Crippen LogP contribution in [-0.4, -0.2) is 53.0 Å². The quantitative estimate of drug-likeness (QED) is 0.578. The predicted molar refractivity (Wildman–Crippen MR) is 135 cm³/mol. The van der Waals surface area contributed by atoms with Crippen molar-refractivity contribution in [2.75, 3.05) is 20.2 Å². The summed E-state index contributed by atoms with van der Waals surface area (Å²) in [4.78, 5) is 22.2. The van der Waals surface area contributed by atoms with Crippen LogP contribution >= 0.6 is 0 Å². The van der Waals surface area contributed by atoms with E-state index in [9.17, 15) is 4.79 Å². The molecule has 1 saturated heterocycles. The third-order valence-corrected chi connectivity index (χ3v) is 10.1. The molecule has 4 aliphatic carbocycles. The van der Waals surface area contributed by atoms with E-state index in [0.717, 1.165) is 55.5 Å². The van der Waals surface area contributed by atoms with E-state index >= 15 is 0 Å². The summed E-state index contributed by atoms with van der Waals surface area (Å²) in [6, 6.07) is 11.9. The second-order valence-electron chi connectivity index (χ2n) is 12.0. The third kappa shape index (κ3) is 3.78.